The number of benzene rings is 3. The molecule has 41 heavy (non-hydrogen) atoms. The lowest BCUT2D eigenvalue weighted by Gasteiger charge is -2.33. The fraction of sp³-hybridized carbons (Fsp3) is 0.375. The van der Waals surface area contributed by atoms with Gasteiger partial charge >= 0.3 is 0 Å². The Morgan fingerprint density at radius 3 is 2.24 bits per heavy atom. The second-order valence-corrected chi connectivity index (χ2v) is 13.2. The van der Waals surface area contributed by atoms with Crippen LogP contribution in [0.2, 0.25) is 5.02 Å². The van der Waals surface area contributed by atoms with Crippen molar-refractivity contribution in [2.24, 2.45) is 0 Å². The van der Waals surface area contributed by atoms with Crippen LogP contribution in [-0.4, -0.2) is 43.8 Å². The molecule has 0 radical (unpaired) electrons. The number of sulfonamides is 1. The van der Waals surface area contributed by atoms with Gasteiger partial charge < -0.3 is 10.2 Å². The average Bonchev–Trinajstić information content (AvgIpc) is 3.43. The minimum absolute atomic E-state index is 0.0849. The first-order valence-electron chi connectivity index (χ1n) is 14.0. The van der Waals surface area contributed by atoms with Crippen LogP contribution >= 0.6 is 11.6 Å². The molecule has 4 rings (SSSR count). The Morgan fingerprint density at radius 1 is 0.951 bits per heavy atom. The standard InChI is InChI=1S/C32H38ClN3O4S/c1-22-12-15-29(16-13-22)41(39,40)36(30-17-14-23(2)18-24(30)3)21-31(37)35(20-26-8-7-9-27(33)19-26)25(4)32(38)34-28-10-5-6-11-28/h7-9,12-19,25,28H,5-6,10-11,20-21H2,1-4H3,(H,34,38). The quantitative estimate of drug-likeness (QED) is 0.314. The van der Waals surface area contributed by atoms with E-state index in [0.717, 1.165) is 52.2 Å². The topological polar surface area (TPSA) is 86.8 Å². The number of hydrogen-bond acceptors (Lipinski definition) is 4. The molecular weight excluding hydrogens is 558 g/mol. The number of carbonyl (C=O) groups is 2. The molecule has 0 saturated heterocycles. The zero-order chi connectivity index (χ0) is 29.7. The zero-order valence-electron chi connectivity index (χ0n) is 24.1. The summed E-state index contributed by atoms with van der Waals surface area (Å²) in [7, 11) is -4.11. The molecular formula is C32H38ClN3O4S. The summed E-state index contributed by atoms with van der Waals surface area (Å²) < 4.78 is 29.2. The number of nitrogens with one attached hydrogen (secondary N) is 1. The Balaban J connectivity index is 1.71. The van der Waals surface area contributed by atoms with Gasteiger partial charge in [-0.3, -0.25) is 13.9 Å². The third-order valence-electron chi connectivity index (χ3n) is 7.62. The average molecular weight is 596 g/mol. The largest absolute Gasteiger partial charge is 0.352 e. The van der Waals surface area contributed by atoms with Crippen molar-refractivity contribution in [2.45, 2.75) is 76.9 Å². The number of carbonyl (C=O) groups excluding carboxylic acids is 2. The van der Waals surface area contributed by atoms with Crippen molar-refractivity contribution in [3.63, 3.8) is 0 Å². The van der Waals surface area contributed by atoms with Gasteiger partial charge in [0.05, 0.1) is 10.6 Å². The van der Waals surface area contributed by atoms with Crippen molar-refractivity contribution < 1.29 is 18.0 Å². The van der Waals surface area contributed by atoms with Crippen molar-refractivity contribution in [1.82, 2.24) is 10.2 Å². The fourth-order valence-corrected chi connectivity index (χ4v) is 6.93. The molecule has 1 aliphatic rings. The van der Waals surface area contributed by atoms with E-state index in [4.69, 9.17) is 11.6 Å². The SMILES string of the molecule is Cc1ccc(S(=O)(=O)N(CC(=O)N(Cc2cccc(Cl)c2)C(C)C(=O)NC2CCCC2)c2ccc(C)cc2C)cc1. The van der Waals surface area contributed by atoms with E-state index in [9.17, 15) is 18.0 Å². The van der Waals surface area contributed by atoms with E-state index >= 15 is 0 Å². The lowest BCUT2D eigenvalue weighted by molar-refractivity contribution is -0.139. The van der Waals surface area contributed by atoms with E-state index in [1.54, 1.807) is 55.5 Å². The molecule has 1 atom stereocenters. The van der Waals surface area contributed by atoms with Crippen LogP contribution in [0.1, 0.15) is 54.9 Å². The highest BCUT2D eigenvalue weighted by molar-refractivity contribution is 7.92. The highest BCUT2D eigenvalue weighted by Crippen LogP contribution is 2.29. The minimum Gasteiger partial charge on any atom is -0.352 e. The third kappa shape index (κ3) is 7.49. The predicted octanol–water partition coefficient (Wildman–Crippen LogP) is 5.94. The summed E-state index contributed by atoms with van der Waals surface area (Å²) in [5, 5.41) is 3.59. The summed E-state index contributed by atoms with van der Waals surface area (Å²) in [6.45, 7) is 6.95. The maximum Gasteiger partial charge on any atom is 0.264 e. The minimum atomic E-state index is -4.11. The predicted molar refractivity (Wildman–Crippen MR) is 163 cm³/mol. The van der Waals surface area contributed by atoms with Gasteiger partial charge in [-0.1, -0.05) is 72.0 Å². The first-order chi connectivity index (χ1) is 19.5. The van der Waals surface area contributed by atoms with Crippen molar-refractivity contribution in [2.75, 3.05) is 10.8 Å². The first kappa shape index (κ1) is 30.6. The van der Waals surface area contributed by atoms with Crippen molar-refractivity contribution in [1.29, 1.82) is 0 Å². The molecule has 3 aromatic rings. The smallest absolute Gasteiger partial charge is 0.264 e. The van der Waals surface area contributed by atoms with Gasteiger partial charge in [-0.25, -0.2) is 8.42 Å². The normalized spacial score (nSPS) is 14.5. The molecule has 0 spiro atoms. The summed E-state index contributed by atoms with van der Waals surface area (Å²) in [6, 6.07) is 18.4. The van der Waals surface area contributed by atoms with Crippen molar-refractivity contribution in [3.8, 4) is 0 Å². The lowest BCUT2D eigenvalue weighted by Crippen LogP contribution is -2.52. The molecule has 0 heterocycles. The van der Waals surface area contributed by atoms with E-state index in [1.807, 2.05) is 39.0 Å². The number of anilines is 1. The van der Waals surface area contributed by atoms with Gasteiger partial charge in [0, 0.05) is 17.6 Å². The van der Waals surface area contributed by atoms with Crippen LogP contribution in [0.15, 0.2) is 71.6 Å². The monoisotopic (exact) mass is 595 g/mol. The van der Waals surface area contributed by atoms with Gasteiger partial charge in [-0.15, -0.1) is 0 Å². The summed E-state index contributed by atoms with van der Waals surface area (Å²) in [5.74, 6) is -0.749. The maximum absolute atomic E-state index is 14.1. The summed E-state index contributed by atoms with van der Waals surface area (Å²) in [4.78, 5) is 29.0. The molecule has 0 aliphatic heterocycles. The highest BCUT2D eigenvalue weighted by atomic mass is 35.5. The number of hydrogen-bond donors (Lipinski definition) is 1. The van der Waals surface area contributed by atoms with E-state index in [0.29, 0.717) is 10.7 Å². The van der Waals surface area contributed by atoms with Crippen LogP contribution in [0, 0.1) is 20.8 Å². The Morgan fingerprint density at radius 2 is 1.61 bits per heavy atom. The maximum atomic E-state index is 14.1. The van der Waals surface area contributed by atoms with Crippen LogP contribution < -0.4 is 9.62 Å². The Hall–Kier alpha value is -3.36. The second-order valence-electron chi connectivity index (χ2n) is 10.9. The molecule has 218 valence electrons. The summed E-state index contributed by atoms with van der Waals surface area (Å²) in [6.07, 6.45) is 3.95. The van der Waals surface area contributed by atoms with Crippen molar-refractivity contribution in [3.05, 3.63) is 94.0 Å². The summed E-state index contributed by atoms with van der Waals surface area (Å²) in [5.41, 5.74) is 3.78. The number of rotatable bonds is 10. The molecule has 9 heteroatoms. The summed E-state index contributed by atoms with van der Waals surface area (Å²) >= 11 is 6.23. The number of halogens is 1. The van der Waals surface area contributed by atoms with E-state index < -0.39 is 28.5 Å². The van der Waals surface area contributed by atoms with Gasteiger partial charge in [0.2, 0.25) is 11.8 Å². The molecule has 2 amide bonds. The van der Waals surface area contributed by atoms with E-state index in [-0.39, 0.29) is 23.4 Å². The Kier molecular flexibility index (Phi) is 9.76. The van der Waals surface area contributed by atoms with Crippen LogP contribution in [-0.2, 0) is 26.2 Å². The van der Waals surface area contributed by atoms with Crippen LogP contribution in [0.25, 0.3) is 0 Å². The van der Waals surface area contributed by atoms with Crippen LogP contribution in [0.3, 0.4) is 0 Å². The molecule has 1 N–H and O–H groups in total. The molecule has 3 aromatic carbocycles. The Labute approximate surface area is 248 Å². The molecule has 1 aliphatic carbocycles. The fourth-order valence-electron chi connectivity index (χ4n) is 5.24. The zero-order valence-corrected chi connectivity index (χ0v) is 25.6. The number of aryl methyl sites for hydroxylation is 3. The van der Waals surface area contributed by atoms with Gasteiger partial charge in [0.25, 0.3) is 10.0 Å². The van der Waals surface area contributed by atoms with Crippen molar-refractivity contribution >= 4 is 39.1 Å². The van der Waals surface area contributed by atoms with Crippen LogP contribution in [0.4, 0.5) is 5.69 Å². The van der Waals surface area contributed by atoms with Gasteiger partial charge in [0.15, 0.2) is 0 Å². The number of amides is 2. The van der Waals surface area contributed by atoms with Gasteiger partial charge in [-0.2, -0.15) is 0 Å². The first-order valence-corrected chi connectivity index (χ1v) is 15.8. The van der Waals surface area contributed by atoms with Crippen LogP contribution in [0.5, 0.6) is 0 Å². The Bertz CT molecular complexity index is 1500. The van der Waals surface area contributed by atoms with E-state index in [1.165, 1.54) is 4.90 Å². The number of nitrogens with zero attached hydrogens (tertiary/aromatic N) is 2. The lowest BCUT2D eigenvalue weighted by atomic mass is 10.1. The molecule has 1 unspecified atom stereocenters. The molecule has 1 fully saturated rings. The van der Waals surface area contributed by atoms with E-state index in [2.05, 4.69) is 5.32 Å². The second kappa shape index (κ2) is 13.1. The van der Waals surface area contributed by atoms with Gasteiger partial charge in [-0.05, 0) is 82.0 Å². The molecule has 0 bridgehead atoms. The molecule has 0 aromatic heterocycles. The highest BCUT2D eigenvalue weighted by Gasteiger charge is 2.34. The molecule has 1 saturated carbocycles. The molecule has 7 nitrogen and oxygen atoms in total. The van der Waals surface area contributed by atoms with Gasteiger partial charge in [0.1, 0.15) is 12.6 Å². The third-order valence-corrected chi connectivity index (χ3v) is 9.63.